The highest BCUT2D eigenvalue weighted by molar-refractivity contribution is 7.89. The van der Waals surface area contributed by atoms with Crippen LogP contribution in [0.3, 0.4) is 0 Å². The fourth-order valence-electron chi connectivity index (χ4n) is 2.05. The summed E-state index contributed by atoms with van der Waals surface area (Å²) in [5.74, 6) is 0.795. The number of nitrogens with one attached hydrogen (secondary N) is 1. The number of rotatable bonds is 6. The quantitative estimate of drug-likeness (QED) is 0.727. The summed E-state index contributed by atoms with van der Waals surface area (Å²) in [5, 5.41) is 4.51. The van der Waals surface area contributed by atoms with Crippen LogP contribution in [0.1, 0.15) is 5.89 Å². The van der Waals surface area contributed by atoms with Crippen molar-refractivity contribution < 1.29 is 12.9 Å². The number of sulfonamides is 1. The fraction of sp³-hybridized carbons (Fsp3) is 0.125. The first-order valence-corrected chi connectivity index (χ1v) is 9.04. The van der Waals surface area contributed by atoms with Crippen molar-refractivity contribution in [3.63, 3.8) is 0 Å². The molecule has 0 amide bonds. The Balaban J connectivity index is 1.61. The highest BCUT2D eigenvalue weighted by atomic mass is 35.5. The first-order valence-electron chi connectivity index (χ1n) is 7.18. The molecule has 3 rings (SSSR count). The van der Waals surface area contributed by atoms with Crippen LogP contribution in [0.5, 0.6) is 0 Å². The van der Waals surface area contributed by atoms with Gasteiger partial charge in [0.05, 0.1) is 4.90 Å². The molecule has 0 radical (unpaired) electrons. The van der Waals surface area contributed by atoms with Gasteiger partial charge < -0.3 is 4.52 Å². The first-order chi connectivity index (χ1) is 11.5. The second-order valence-corrected chi connectivity index (χ2v) is 7.18. The van der Waals surface area contributed by atoms with Crippen molar-refractivity contribution in [3.8, 4) is 11.4 Å². The number of hydrogen-bond donors (Lipinski definition) is 1. The molecule has 1 heterocycles. The maximum Gasteiger partial charge on any atom is 0.240 e. The Labute approximate surface area is 144 Å². The van der Waals surface area contributed by atoms with Gasteiger partial charge in [0.15, 0.2) is 0 Å². The number of benzene rings is 2. The molecule has 0 saturated carbocycles. The molecule has 3 aromatic rings. The Morgan fingerprint density at radius 1 is 1.04 bits per heavy atom. The third-order valence-electron chi connectivity index (χ3n) is 3.25. The molecule has 0 fully saturated rings. The molecule has 0 atom stereocenters. The van der Waals surface area contributed by atoms with Crippen molar-refractivity contribution in [2.75, 3.05) is 6.54 Å². The third kappa shape index (κ3) is 4.00. The molecule has 0 unspecified atom stereocenters. The molecular formula is C16H14ClN3O3S. The van der Waals surface area contributed by atoms with Crippen LogP contribution in [0.25, 0.3) is 11.4 Å². The lowest BCUT2D eigenvalue weighted by molar-refractivity contribution is 0.379. The van der Waals surface area contributed by atoms with E-state index in [9.17, 15) is 8.42 Å². The van der Waals surface area contributed by atoms with Crippen LogP contribution in [0.4, 0.5) is 0 Å². The summed E-state index contributed by atoms with van der Waals surface area (Å²) in [7, 11) is -3.54. The van der Waals surface area contributed by atoms with Crippen LogP contribution in [-0.4, -0.2) is 25.1 Å². The maximum absolute atomic E-state index is 12.1. The van der Waals surface area contributed by atoms with Gasteiger partial charge in [-0.2, -0.15) is 4.98 Å². The van der Waals surface area contributed by atoms with Gasteiger partial charge >= 0.3 is 0 Å². The van der Waals surface area contributed by atoms with E-state index in [1.807, 2.05) is 0 Å². The highest BCUT2D eigenvalue weighted by Crippen LogP contribution is 2.18. The minimum atomic E-state index is -3.54. The summed E-state index contributed by atoms with van der Waals surface area (Å²) in [6.07, 6.45) is 0.298. The smallest absolute Gasteiger partial charge is 0.240 e. The van der Waals surface area contributed by atoms with Crippen molar-refractivity contribution in [3.05, 3.63) is 65.5 Å². The van der Waals surface area contributed by atoms with Crippen molar-refractivity contribution in [1.29, 1.82) is 0 Å². The summed E-state index contributed by atoms with van der Waals surface area (Å²) in [5.41, 5.74) is 0.777. The largest absolute Gasteiger partial charge is 0.339 e. The lowest BCUT2D eigenvalue weighted by Gasteiger charge is -2.04. The van der Waals surface area contributed by atoms with Crippen molar-refractivity contribution in [1.82, 2.24) is 14.9 Å². The van der Waals surface area contributed by atoms with E-state index in [4.69, 9.17) is 16.1 Å². The monoisotopic (exact) mass is 363 g/mol. The zero-order valence-electron chi connectivity index (χ0n) is 12.5. The Bertz CT molecular complexity index is 909. The molecule has 24 heavy (non-hydrogen) atoms. The standard InChI is InChI=1S/C16H14ClN3O3S/c17-13-8-6-12(7-9-13)16-19-15(23-20-16)10-11-18-24(21,22)14-4-2-1-3-5-14/h1-9,18H,10-11H2. The van der Waals surface area contributed by atoms with Crippen molar-refractivity contribution in [2.24, 2.45) is 0 Å². The van der Waals surface area contributed by atoms with Crippen LogP contribution in [-0.2, 0) is 16.4 Å². The molecular weight excluding hydrogens is 350 g/mol. The van der Waals surface area contributed by atoms with E-state index in [1.54, 1.807) is 42.5 Å². The van der Waals surface area contributed by atoms with Crippen LogP contribution in [0, 0.1) is 0 Å². The maximum atomic E-state index is 12.1. The zero-order chi connectivity index (χ0) is 17.0. The second kappa shape index (κ2) is 7.12. The Hall–Kier alpha value is -2.22. The van der Waals surface area contributed by atoms with Gasteiger partial charge in [0.25, 0.3) is 0 Å². The average molecular weight is 364 g/mol. The van der Waals surface area contributed by atoms with Crippen LogP contribution >= 0.6 is 11.6 Å². The van der Waals surface area contributed by atoms with E-state index in [2.05, 4.69) is 14.9 Å². The Morgan fingerprint density at radius 2 is 1.75 bits per heavy atom. The molecule has 0 spiro atoms. The molecule has 0 aliphatic rings. The van der Waals surface area contributed by atoms with Gasteiger partial charge in [0, 0.05) is 23.6 Å². The minimum Gasteiger partial charge on any atom is -0.339 e. The molecule has 2 aromatic carbocycles. The predicted octanol–water partition coefficient (Wildman–Crippen LogP) is 2.91. The summed E-state index contributed by atoms with van der Waals surface area (Å²) >= 11 is 5.84. The molecule has 1 aromatic heterocycles. The van der Waals surface area contributed by atoms with Gasteiger partial charge in [-0.1, -0.05) is 35.0 Å². The molecule has 0 aliphatic carbocycles. The molecule has 124 valence electrons. The SMILES string of the molecule is O=S(=O)(NCCc1nc(-c2ccc(Cl)cc2)no1)c1ccccc1. The number of halogens is 1. The highest BCUT2D eigenvalue weighted by Gasteiger charge is 2.14. The fourth-order valence-corrected chi connectivity index (χ4v) is 3.23. The molecule has 0 saturated heterocycles. The number of hydrogen-bond acceptors (Lipinski definition) is 5. The summed E-state index contributed by atoms with van der Waals surface area (Å²) in [4.78, 5) is 4.47. The molecule has 0 aliphatic heterocycles. The molecule has 1 N–H and O–H groups in total. The third-order valence-corrected chi connectivity index (χ3v) is 4.98. The van der Waals surface area contributed by atoms with Crippen LogP contribution in [0.15, 0.2) is 64.0 Å². The molecule has 0 bridgehead atoms. The molecule has 8 heteroatoms. The van der Waals surface area contributed by atoms with E-state index in [0.29, 0.717) is 23.2 Å². The normalized spacial score (nSPS) is 11.5. The minimum absolute atomic E-state index is 0.166. The van der Waals surface area contributed by atoms with E-state index in [-0.39, 0.29) is 11.4 Å². The Morgan fingerprint density at radius 3 is 2.46 bits per heavy atom. The number of aromatic nitrogens is 2. The zero-order valence-corrected chi connectivity index (χ0v) is 14.1. The summed E-state index contributed by atoms with van der Waals surface area (Å²) in [6, 6.07) is 15.2. The Kier molecular flexibility index (Phi) is 4.94. The lowest BCUT2D eigenvalue weighted by Crippen LogP contribution is -2.26. The van der Waals surface area contributed by atoms with E-state index in [0.717, 1.165) is 5.56 Å². The van der Waals surface area contributed by atoms with Crippen molar-refractivity contribution in [2.45, 2.75) is 11.3 Å². The topological polar surface area (TPSA) is 85.1 Å². The second-order valence-electron chi connectivity index (χ2n) is 4.98. The van der Waals surface area contributed by atoms with Crippen LogP contribution < -0.4 is 4.72 Å². The van der Waals surface area contributed by atoms with Crippen molar-refractivity contribution >= 4 is 21.6 Å². The van der Waals surface area contributed by atoms with Gasteiger partial charge in [-0.15, -0.1) is 0 Å². The van der Waals surface area contributed by atoms with E-state index < -0.39 is 10.0 Å². The van der Waals surface area contributed by atoms with Gasteiger partial charge in [0.2, 0.25) is 21.7 Å². The van der Waals surface area contributed by atoms with Gasteiger partial charge in [-0.3, -0.25) is 0 Å². The van der Waals surface area contributed by atoms with Crippen LogP contribution in [0.2, 0.25) is 5.02 Å². The van der Waals surface area contributed by atoms with E-state index >= 15 is 0 Å². The summed E-state index contributed by atoms with van der Waals surface area (Å²) < 4.78 is 31.8. The van der Waals surface area contributed by atoms with Gasteiger partial charge in [0.1, 0.15) is 0 Å². The molecule has 6 nitrogen and oxygen atoms in total. The predicted molar refractivity (Wildman–Crippen MR) is 90.1 cm³/mol. The first kappa shape index (κ1) is 16.6. The van der Waals surface area contributed by atoms with Gasteiger partial charge in [-0.05, 0) is 36.4 Å². The number of nitrogens with zero attached hydrogens (tertiary/aromatic N) is 2. The van der Waals surface area contributed by atoms with Gasteiger partial charge in [-0.25, -0.2) is 13.1 Å². The lowest BCUT2D eigenvalue weighted by atomic mass is 10.2. The summed E-state index contributed by atoms with van der Waals surface area (Å²) in [6.45, 7) is 0.166. The average Bonchev–Trinajstić information content (AvgIpc) is 3.05. The van der Waals surface area contributed by atoms with E-state index in [1.165, 1.54) is 12.1 Å².